The number of hydrogen-bond donors (Lipinski definition) is 2. The van der Waals surface area contributed by atoms with E-state index in [1.54, 1.807) is 12.3 Å². The van der Waals surface area contributed by atoms with Gasteiger partial charge in [0.1, 0.15) is 0 Å². The predicted octanol–water partition coefficient (Wildman–Crippen LogP) is 1.94. The molecule has 118 valence electrons. The highest BCUT2D eigenvalue weighted by Gasteiger charge is 2.09. The summed E-state index contributed by atoms with van der Waals surface area (Å²) in [6.07, 6.45) is 1.74. The molecule has 1 atom stereocenters. The number of pyridine rings is 1. The summed E-state index contributed by atoms with van der Waals surface area (Å²) in [6.45, 7) is 1.34. The number of aromatic nitrogens is 1. The van der Waals surface area contributed by atoms with Gasteiger partial charge in [0.15, 0.2) is 5.75 Å². The van der Waals surface area contributed by atoms with Crippen molar-refractivity contribution in [3.63, 3.8) is 0 Å². The lowest BCUT2D eigenvalue weighted by Gasteiger charge is -2.19. The molecule has 1 unspecified atom stereocenters. The fourth-order valence-corrected chi connectivity index (χ4v) is 2.31. The Hall–Kier alpha value is -2.11. The Balaban J connectivity index is 1.86. The van der Waals surface area contributed by atoms with Crippen LogP contribution in [0.15, 0.2) is 47.4 Å². The van der Waals surface area contributed by atoms with E-state index in [2.05, 4.69) is 9.88 Å². The third-order valence-electron chi connectivity index (χ3n) is 3.57. The Labute approximate surface area is 130 Å². The second-order valence-electron chi connectivity index (χ2n) is 5.34. The van der Waals surface area contributed by atoms with Crippen LogP contribution in [0.2, 0.25) is 0 Å². The quantitative estimate of drug-likeness (QED) is 0.820. The van der Waals surface area contributed by atoms with Crippen LogP contribution in [0.25, 0.3) is 0 Å². The first-order valence-corrected chi connectivity index (χ1v) is 7.27. The predicted molar refractivity (Wildman–Crippen MR) is 86.0 cm³/mol. The van der Waals surface area contributed by atoms with E-state index in [4.69, 9.17) is 4.74 Å². The van der Waals surface area contributed by atoms with Crippen LogP contribution in [-0.4, -0.2) is 35.7 Å². The largest absolute Gasteiger partial charge is 0.491 e. The van der Waals surface area contributed by atoms with E-state index in [0.29, 0.717) is 18.7 Å². The molecule has 2 rings (SSSR count). The molecule has 0 amide bonds. The average molecular weight is 302 g/mol. The van der Waals surface area contributed by atoms with Gasteiger partial charge in [-0.15, -0.1) is 0 Å². The van der Waals surface area contributed by atoms with Crippen molar-refractivity contribution < 1.29 is 9.84 Å². The normalized spacial score (nSPS) is 12.4. The van der Waals surface area contributed by atoms with E-state index in [-0.39, 0.29) is 5.43 Å². The van der Waals surface area contributed by atoms with Gasteiger partial charge >= 0.3 is 0 Å². The maximum atomic E-state index is 11.7. The van der Waals surface area contributed by atoms with Crippen LogP contribution in [-0.2, 0) is 6.54 Å². The Kier molecular flexibility index (Phi) is 5.75. The number of ether oxygens (including phenoxy) is 1. The lowest BCUT2D eigenvalue weighted by molar-refractivity contribution is 0.147. The first kappa shape index (κ1) is 16.3. The van der Waals surface area contributed by atoms with Gasteiger partial charge in [-0.25, -0.2) is 0 Å². The average Bonchev–Trinajstić information content (AvgIpc) is 2.53. The number of aromatic amines is 1. The monoisotopic (exact) mass is 302 g/mol. The third-order valence-corrected chi connectivity index (χ3v) is 3.57. The van der Waals surface area contributed by atoms with Crippen LogP contribution in [0.5, 0.6) is 5.75 Å². The number of H-pyrrole nitrogens is 1. The van der Waals surface area contributed by atoms with Gasteiger partial charge in [-0.3, -0.25) is 4.79 Å². The Morgan fingerprint density at radius 2 is 2.05 bits per heavy atom. The van der Waals surface area contributed by atoms with Gasteiger partial charge in [-0.1, -0.05) is 30.3 Å². The number of methoxy groups -OCH3 is 1. The molecule has 0 aliphatic rings. The lowest BCUT2D eigenvalue weighted by Crippen LogP contribution is -2.22. The molecule has 5 nitrogen and oxygen atoms in total. The summed E-state index contributed by atoms with van der Waals surface area (Å²) >= 11 is 0. The molecule has 5 heteroatoms. The SMILES string of the molecule is COc1c[nH]c(CN(C)CCC(O)c2ccccc2)cc1=O. The highest BCUT2D eigenvalue weighted by atomic mass is 16.5. The van der Waals surface area contributed by atoms with Crippen molar-refractivity contribution in [1.29, 1.82) is 0 Å². The number of nitrogens with one attached hydrogen (secondary N) is 1. The van der Waals surface area contributed by atoms with Gasteiger partial charge in [-0.05, 0) is 19.0 Å². The van der Waals surface area contributed by atoms with Crippen molar-refractivity contribution in [2.75, 3.05) is 20.7 Å². The van der Waals surface area contributed by atoms with E-state index in [9.17, 15) is 9.90 Å². The van der Waals surface area contributed by atoms with Crippen molar-refractivity contribution in [3.8, 4) is 5.75 Å². The smallest absolute Gasteiger partial charge is 0.223 e. The van der Waals surface area contributed by atoms with Crippen molar-refractivity contribution in [3.05, 3.63) is 64.1 Å². The van der Waals surface area contributed by atoms with Crippen LogP contribution < -0.4 is 10.2 Å². The molecule has 1 heterocycles. The second kappa shape index (κ2) is 7.77. The second-order valence-corrected chi connectivity index (χ2v) is 5.34. The number of nitrogens with zero attached hydrogens (tertiary/aromatic N) is 1. The molecule has 1 aromatic carbocycles. The third kappa shape index (κ3) is 4.44. The molecule has 0 saturated heterocycles. The van der Waals surface area contributed by atoms with Crippen LogP contribution in [0.4, 0.5) is 0 Å². The number of aliphatic hydroxyl groups is 1. The number of benzene rings is 1. The van der Waals surface area contributed by atoms with E-state index >= 15 is 0 Å². The van der Waals surface area contributed by atoms with Crippen LogP contribution in [0.1, 0.15) is 23.8 Å². The zero-order valence-electron chi connectivity index (χ0n) is 13.0. The molecule has 22 heavy (non-hydrogen) atoms. The van der Waals surface area contributed by atoms with Crippen molar-refractivity contribution in [2.45, 2.75) is 19.1 Å². The summed E-state index contributed by atoms with van der Waals surface area (Å²) < 4.78 is 4.94. The molecule has 0 saturated carbocycles. The molecular formula is C17H22N2O3. The summed E-state index contributed by atoms with van der Waals surface area (Å²) in [4.78, 5) is 16.8. The molecular weight excluding hydrogens is 280 g/mol. The van der Waals surface area contributed by atoms with Crippen LogP contribution in [0, 0.1) is 0 Å². The Morgan fingerprint density at radius 3 is 2.68 bits per heavy atom. The summed E-state index contributed by atoms with van der Waals surface area (Å²) in [5.41, 5.74) is 1.62. The molecule has 2 aromatic rings. The maximum absolute atomic E-state index is 11.7. The van der Waals surface area contributed by atoms with Crippen LogP contribution in [0.3, 0.4) is 0 Å². The topological polar surface area (TPSA) is 65.6 Å². The molecule has 1 aromatic heterocycles. The fourth-order valence-electron chi connectivity index (χ4n) is 2.31. The molecule has 0 radical (unpaired) electrons. The van der Waals surface area contributed by atoms with Gasteiger partial charge in [0.25, 0.3) is 0 Å². The molecule has 0 fully saturated rings. The van der Waals surface area contributed by atoms with E-state index in [1.165, 1.54) is 7.11 Å². The van der Waals surface area contributed by atoms with Gasteiger partial charge < -0.3 is 19.7 Å². The number of hydrogen-bond acceptors (Lipinski definition) is 4. The standard InChI is InChI=1S/C17H22N2O3/c1-19(9-8-15(20)13-6-4-3-5-7-13)12-14-10-16(21)17(22-2)11-18-14/h3-7,10-11,15,20H,8-9,12H2,1-2H3,(H,18,21). The molecule has 0 aliphatic heterocycles. The summed E-state index contributed by atoms with van der Waals surface area (Å²) in [6, 6.07) is 11.2. The first-order chi connectivity index (χ1) is 10.6. The van der Waals surface area contributed by atoms with Crippen LogP contribution >= 0.6 is 0 Å². The fraction of sp³-hybridized carbons (Fsp3) is 0.353. The summed E-state index contributed by atoms with van der Waals surface area (Å²) in [7, 11) is 3.43. The highest BCUT2D eigenvalue weighted by Crippen LogP contribution is 2.16. The minimum Gasteiger partial charge on any atom is -0.491 e. The van der Waals surface area contributed by atoms with E-state index in [1.807, 2.05) is 37.4 Å². The highest BCUT2D eigenvalue weighted by molar-refractivity contribution is 5.20. The van der Waals surface area contributed by atoms with Gasteiger partial charge in [0.2, 0.25) is 5.43 Å². The van der Waals surface area contributed by atoms with Crippen molar-refractivity contribution >= 4 is 0 Å². The van der Waals surface area contributed by atoms with Gasteiger partial charge in [0, 0.05) is 31.0 Å². The zero-order valence-corrected chi connectivity index (χ0v) is 13.0. The molecule has 0 bridgehead atoms. The van der Waals surface area contributed by atoms with Gasteiger partial charge in [0.05, 0.1) is 13.2 Å². The zero-order chi connectivity index (χ0) is 15.9. The molecule has 0 aliphatic carbocycles. The summed E-state index contributed by atoms with van der Waals surface area (Å²) in [5, 5.41) is 10.1. The van der Waals surface area contributed by atoms with Gasteiger partial charge in [-0.2, -0.15) is 0 Å². The lowest BCUT2D eigenvalue weighted by atomic mass is 10.1. The Morgan fingerprint density at radius 1 is 1.32 bits per heavy atom. The summed E-state index contributed by atoms with van der Waals surface area (Å²) in [5.74, 6) is 0.311. The Bertz CT molecular complexity index is 640. The van der Waals surface area contributed by atoms with Crippen molar-refractivity contribution in [2.24, 2.45) is 0 Å². The minimum atomic E-state index is -0.474. The molecule has 0 spiro atoms. The van der Waals surface area contributed by atoms with E-state index < -0.39 is 6.10 Å². The van der Waals surface area contributed by atoms with E-state index in [0.717, 1.165) is 17.8 Å². The minimum absolute atomic E-state index is 0.131. The van der Waals surface area contributed by atoms with Crippen molar-refractivity contribution in [1.82, 2.24) is 9.88 Å². The molecule has 2 N–H and O–H groups in total. The first-order valence-electron chi connectivity index (χ1n) is 7.27. The number of rotatable bonds is 7. The number of aliphatic hydroxyl groups excluding tert-OH is 1. The maximum Gasteiger partial charge on any atom is 0.223 e.